The molecule has 0 saturated carbocycles. The minimum Gasteiger partial charge on any atom is -0.306 e. The van der Waals surface area contributed by atoms with E-state index in [2.05, 4.69) is 62.3 Å². The highest BCUT2D eigenvalue weighted by Crippen LogP contribution is 2.33. The third-order valence-corrected chi connectivity index (χ3v) is 5.48. The second kappa shape index (κ2) is 6.53. The Kier molecular flexibility index (Phi) is 5.27. The lowest BCUT2D eigenvalue weighted by Crippen LogP contribution is -2.21. The van der Waals surface area contributed by atoms with Crippen LogP contribution in [0.2, 0.25) is 5.02 Å². The van der Waals surface area contributed by atoms with E-state index < -0.39 is 0 Å². The molecule has 0 radical (unpaired) electrons. The Labute approximate surface area is 133 Å². The molecular weight excluding hydrogens is 397 g/mol. The number of nitrogens with one attached hydrogen (secondary N) is 1. The molecular formula is C13H12Br2ClNS. The maximum atomic E-state index is 6.17. The van der Waals surface area contributed by atoms with Crippen molar-refractivity contribution in [1.29, 1.82) is 0 Å². The van der Waals surface area contributed by atoms with Gasteiger partial charge in [0.1, 0.15) is 0 Å². The molecule has 1 N–H and O–H groups in total. The van der Waals surface area contributed by atoms with Gasteiger partial charge in [0.2, 0.25) is 0 Å². The Bertz CT molecular complexity index is 542. The molecule has 0 bridgehead atoms. The smallest absolute Gasteiger partial charge is 0.0702 e. The van der Waals surface area contributed by atoms with Crippen LogP contribution in [0.25, 0.3) is 0 Å². The van der Waals surface area contributed by atoms with E-state index in [1.54, 1.807) is 11.3 Å². The van der Waals surface area contributed by atoms with E-state index >= 15 is 0 Å². The van der Waals surface area contributed by atoms with Gasteiger partial charge in [-0.25, -0.2) is 0 Å². The van der Waals surface area contributed by atoms with Crippen molar-refractivity contribution in [1.82, 2.24) is 5.32 Å². The summed E-state index contributed by atoms with van der Waals surface area (Å²) in [6, 6.07) is 10.5. The number of benzene rings is 1. The van der Waals surface area contributed by atoms with E-state index in [0.29, 0.717) is 0 Å². The second-order valence-corrected chi connectivity index (χ2v) is 7.56. The average molecular weight is 410 g/mol. The molecule has 1 heterocycles. The molecule has 5 heteroatoms. The lowest BCUT2D eigenvalue weighted by Gasteiger charge is -2.17. The van der Waals surface area contributed by atoms with Crippen molar-refractivity contribution >= 4 is 54.8 Å². The number of hydrogen-bond acceptors (Lipinski definition) is 2. The van der Waals surface area contributed by atoms with Crippen LogP contribution in [0.1, 0.15) is 23.4 Å². The third-order valence-electron chi connectivity index (χ3n) is 2.56. The van der Waals surface area contributed by atoms with E-state index in [-0.39, 0.29) is 6.04 Å². The van der Waals surface area contributed by atoms with Crippen LogP contribution in [0.4, 0.5) is 0 Å². The number of hydrogen-bond donors (Lipinski definition) is 1. The first kappa shape index (κ1) is 14.5. The summed E-state index contributed by atoms with van der Waals surface area (Å²) in [6.45, 7) is 3.02. The molecule has 1 aromatic carbocycles. The van der Waals surface area contributed by atoms with E-state index in [4.69, 9.17) is 11.6 Å². The molecule has 0 spiro atoms. The predicted octanol–water partition coefficient (Wildman–Crippen LogP) is 5.63. The zero-order chi connectivity index (χ0) is 13.1. The van der Waals surface area contributed by atoms with Crippen LogP contribution >= 0.6 is 54.8 Å². The van der Waals surface area contributed by atoms with Gasteiger partial charge in [-0.05, 0) is 68.2 Å². The van der Waals surface area contributed by atoms with Gasteiger partial charge in [-0.15, -0.1) is 11.3 Å². The first-order chi connectivity index (χ1) is 8.61. The second-order valence-electron chi connectivity index (χ2n) is 3.81. The van der Waals surface area contributed by atoms with Crippen molar-refractivity contribution in [3.05, 3.63) is 54.1 Å². The molecule has 1 nitrogen and oxygen atoms in total. The zero-order valence-corrected chi connectivity index (χ0v) is 14.5. The van der Waals surface area contributed by atoms with Gasteiger partial charge in [-0.2, -0.15) is 0 Å². The molecule has 0 aliphatic heterocycles. The van der Waals surface area contributed by atoms with E-state index in [9.17, 15) is 0 Å². The van der Waals surface area contributed by atoms with E-state index in [0.717, 1.165) is 19.8 Å². The SMILES string of the molecule is CCNC(c1ccc(Br)c(Cl)c1)c1ccc(Br)s1. The van der Waals surface area contributed by atoms with Crippen LogP contribution in [-0.4, -0.2) is 6.54 Å². The molecule has 1 atom stereocenters. The number of halogens is 3. The van der Waals surface area contributed by atoms with Crippen LogP contribution in [0.3, 0.4) is 0 Å². The summed E-state index contributed by atoms with van der Waals surface area (Å²) >= 11 is 14.8. The van der Waals surface area contributed by atoms with Gasteiger partial charge in [0.05, 0.1) is 14.9 Å². The fraction of sp³-hybridized carbons (Fsp3) is 0.231. The quantitative estimate of drug-likeness (QED) is 0.690. The predicted molar refractivity (Wildman–Crippen MR) is 86.7 cm³/mol. The molecule has 0 saturated heterocycles. The average Bonchev–Trinajstić information content (AvgIpc) is 2.76. The maximum Gasteiger partial charge on any atom is 0.0702 e. The number of thiophene rings is 1. The van der Waals surface area contributed by atoms with Crippen molar-refractivity contribution in [3.63, 3.8) is 0 Å². The molecule has 0 amide bonds. The van der Waals surface area contributed by atoms with Gasteiger partial charge >= 0.3 is 0 Å². The van der Waals surface area contributed by atoms with Crippen LogP contribution in [0, 0.1) is 0 Å². The summed E-state index contributed by atoms with van der Waals surface area (Å²) in [5.74, 6) is 0. The standard InChI is InChI=1S/C13H12Br2ClNS/c1-2-17-13(11-5-6-12(15)18-11)8-3-4-9(14)10(16)7-8/h3-7,13,17H,2H2,1H3. The highest BCUT2D eigenvalue weighted by molar-refractivity contribution is 9.11. The topological polar surface area (TPSA) is 12.0 Å². The van der Waals surface area contributed by atoms with E-state index in [1.165, 1.54) is 10.4 Å². The first-order valence-electron chi connectivity index (χ1n) is 5.55. The molecule has 1 aromatic heterocycles. The van der Waals surface area contributed by atoms with Crippen molar-refractivity contribution in [2.75, 3.05) is 6.54 Å². The van der Waals surface area contributed by atoms with Crippen LogP contribution < -0.4 is 5.32 Å². The molecule has 2 aromatic rings. The maximum absolute atomic E-state index is 6.17. The minimum atomic E-state index is 0.192. The van der Waals surface area contributed by atoms with E-state index in [1.807, 2.05) is 12.1 Å². The summed E-state index contributed by atoms with van der Waals surface area (Å²) in [4.78, 5) is 1.28. The zero-order valence-electron chi connectivity index (χ0n) is 9.71. The highest BCUT2D eigenvalue weighted by Gasteiger charge is 2.15. The summed E-state index contributed by atoms with van der Waals surface area (Å²) < 4.78 is 2.07. The lowest BCUT2D eigenvalue weighted by atomic mass is 10.1. The van der Waals surface area contributed by atoms with Crippen molar-refractivity contribution < 1.29 is 0 Å². The molecule has 0 fully saturated rings. The summed E-state index contributed by atoms with van der Waals surface area (Å²) in [6.07, 6.45) is 0. The molecule has 0 aliphatic carbocycles. The van der Waals surface area contributed by atoms with Gasteiger partial charge < -0.3 is 5.32 Å². The van der Waals surface area contributed by atoms with Gasteiger partial charge in [0.25, 0.3) is 0 Å². The lowest BCUT2D eigenvalue weighted by molar-refractivity contribution is 0.639. The molecule has 2 rings (SSSR count). The van der Waals surface area contributed by atoms with Gasteiger partial charge in [-0.3, -0.25) is 0 Å². The Morgan fingerprint density at radius 2 is 2.06 bits per heavy atom. The fourth-order valence-electron chi connectivity index (χ4n) is 1.76. The molecule has 1 unspecified atom stereocenters. The van der Waals surface area contributed by atoms with Crippen LogP contribution in [0.5, 0.6) is 0 Å². The number of rotatable bonds is 4. The third kappa shape index (κ3) is 3.36. The van der Waals surface area contributed by atoms with Gasteiger partial charge in [-0.1, -0.05) is 24.6 Å². The van der Waals surface area contributed by atoms with Gasteiger partial charge in [0, 0.05) is 9.35 Å². The minimum absolute atomic E-state index is 0.192. The summed E-state index contributed by atoms with van der Waals surface area (Å²) in [7, 11) is 0. The van der Waals surface area contributed by atoms with Gasteiger partial charge in [0.15, 0.2) is 0 Å². The first-order valence-corrected chi connectivity index (χ1v) is 8.33. The highest BCUT2D eigenvalue weighted by atomic mass is 79.9. The fourth-order valence-corrected chi connectivity index (χ4v) is 3.73. The monoisotopic (exact) mass is 407 g/mol. The molecule has 18 heavy (non-hydrogen) atoms. The molecule has 0 aliphatic rings. The molecule has 96 valence electrons. The Morgan fingerprint density at radius 3 is 2.61 bits per heavy atom. The normalized spacial score (nSPS) is 12.7. The van der Waals surface area contributed by atoms with Crippen LogP contribution in [-0.2, 0) is 0 Å². The Hall–Kier alpha value is 0.130. The van der Waals surface area contributed by atoms with Crippen molar-refractivity contribution in [2.45, 2.75) is 13.0 Å². The van der Waals surface area contributed by atoms with Crippen molar-refractivity contribution in [3.8, 4) is 0 Å². The Morgan fingerprint density at radius 1 is 1.28 bits per heavy atom. The largest absolute Gasteiger partial charge is 0.306 e. The van der Waals surface area contributed by atoms with Crippen molar-refractivity contribution in [2.24, 2.45) is 0 Å². The van der Waals surface area contributed by atoms with Crippen LogP contribution in [0.15, 0.2) is 38.6 Å². The summed E-state index contributed by atoms with van der Waals surface area (Å²) in [5.41, 5.74) is 1.18. The summed E-state index contributed by atoms with van der Waals surface area (Å²) in [5, 5.41) is 4.23. The Balaban J connectivity index is 2.37.